The standard InChI is InChI=1S/C22H24N2O3/c25-17-18-16-23-14-12-22(18)24-13-4-5-15-26-19-8-10-21(11-9-19)27-20-6-2-1-3-7-20/h1-3,6-12,14,16,25H,4-5,13,15,17H2,(H,23,24). The van der Waals surface area contributed by atoms with Gasteiger partial charge in [0.25, 0.3) is 0 Å². The van der Waals surface area contributed by atoms with E-state index in [-0.39, 0.29) is 6.61 Å². The van der Waals surface area contributed by atoms with Gasteiger partial charge in [-0.3, -0.25) is 4.98 Å². The molecule has 140 valence electrons. The summed E-state index contributed by atoms with van der Waals surface area (Å²) >= 11 is 0. The van der Waals surface area contributed by atoms with Gasteiger partial charge in [0, 0.05) is 30.2 Å². The number of aromatic nitrogens is 1. The second-order valence-electron chi connectivity index (χ2n) is 6.06. The number of aliphatic hydroxyl groups excluding tert-OH is 1. The summed E-state index contributed by atoms with van der Waals surface area (Å²) < 4.78 is 11.5. The maximum absolute atomic E-state index is 9.28. The quantitative estimate of drug-likeness (QED) is 0.513. The van der Waals surface area contributed by atoms with Crippen LogP contribution < -0.4 is 14.8 Å². The molecular formula is C22H24N2O3. The average Bonchev–Trinajstić information content (AvgIpc) is 2.73. The largest absolute Gasteiger partial charge is 0.494 e. The van der Waals surface area contributed by atoms with Gasteiger partial charge in [-0.25, -0.2) is 0 Å². The van der Waals surface area contributed by atoms with E-state index in [1.54, 1.807) is 12.4 Å². The lowest BCUT2D eigenvalue weighted by Crippen LogP contribution is -2.06. The van der Waals surface area contributed by atoms with Crippen LogP contribution in [0.1, 0.15) is 18.4 Å². The number of para-hydroxylation sites is 1. The molecule has 2 N–H and O–H groups in total. The first-order valence-electron chi connectivity index (χ1n) is 9.08. The number of hydrogen-bond donors (Lipinski definition) is 2. The van der Waals surface area contributed by atoms with Crippen molar-refractivity contribution < 1.29 is 14.6 Å². The lowest BCUT2D eigenvalue weighted by atomic mass is 10.2. The third-order valence-electron chi connectivity index (χ3n) is 4.03. The summed E-state index contributed by atoms with van der Waals surface area (Å²) in [5, 5.41) is 12.6. The van der Waals surface area contributed by atoms with Gasteiger partial charge in [0.2, 0.25) is 0 Å². The third-order valence-corrected chi connectivity index (χ3v) is 4.03. The number of hydrogen-bond acceptors (Lipinski definition) is 5. The highest BCUT2D eigenvalue weighted by Gasteiger charge is 2.01. The summed E-state index contributed by atoms with van der Waals surface area (Å²) in [5.74, 6) is 2.44. The summed E-state index contributed by atoms with van der Waals surface area (Å²) in [5.41, 5.74) is 1.74. The molecule has 0 radical (unpaired) electrons. The van der Waals surface area contributed by atoms with Crippen LogP contribution in [0, 0.1) is 0 Å². The number of unbranched alkanes of at least 4 members (excludes halogenated alkanes) is 1. The van der Waals surface area contributed by atoms with Gasteiger partial charge in [-0.1, -0.05) is 18.2 Å². The zero-order valence-corrected chi connectivity index (χ0v) is 15.2. The molecule has 5 heteroatoms. The molecule has 2 aromatic carbocycles. The molecule has 0 aliphatic carbocycles. The molecule has 0 spiro atoms. The maximum Gasteiger partial charge on any atom is 0.127 e. The maximum atomic E-state index is 9.28. The summed E-state index contributed by atoms with van der Waals surface area (Å²) in [6.45, 7) is 1.47. The molecule has 3 aromatic rings. The molecule has 0 aliphatic rings. The fourth-order valence-corrected chi connectivity index (χ4v) is 2.59. The van der Waals surface area contributed by atoms with Crippen molar-refractivity contribution in [1.82, 2.24) is 4.98 Å². The Hall–Kier alpha value is -3.05. The molecule has 0 amide bonds. The van der Waals surface area contributed by atoms with Crippen LogP contribution in [0.3, 0.4) is 0 Å². The van der Waals surface area contributed by atoms with Crippen molar-refractivity contribution >= 4 is 5.69 Å². The molecule has 0 saturated carbocycles. The van der Waals surface area contributed by atoms with Gasteiger partial charge < -0.3 is 19.9 Å². The van der Waals surface area contributed by atoms with Crippen molar-refractivity contribution in [3.8, 4) is 17.2 Å². The van der Waals surface area contributed by atoms with E-state index in [4.69, 9.17) is 9.47 Å². The van der Waals surface area contributed by atoms with Gasteiger partial charge in [-0.15, -0.1) is 0 Å². The molecule has 3 rings (SSSR count). The van der Waals surface area contributed by atoms with Crippen molar-refractivity contribution in [3.05, 3.63) is 78.6 Å². The molecule has 0 fully saturated rings. The molecule has 1 aromatic heterocycles. The summed E-state index contributed by atoms with van der Waals surface area (Å²) in [7, 11) is 0. The molecule has 0 atom stereocenters. The zero-order valence-electron chi connectivity index (χ0n) is 15.2. The molecule has 1 heterocycles. The fourth-order valence-electron chi connectivity index (χ4n) is 2.59. The molecular weight excluding hydrogens is 340 g/mol. The van der Waals surface area contributed by atoms with Crippen LogP contribution in [0.15, 0.2) is 73.1 Å². The van der Waals surface area contributed by atoms with E-state index in [1.165, 1.54) is 0 Å². The van der Waals surface area contributed by atoms with Crippen LogP contribution in [0.4, 0.5) is 5.69 Å². The molecule has 0 unspecified atom stereocenters. The molecule has 27 heavy (non-hydrogen) atoms. The highest BCUT2D eigenvalue weighted by Crippen LogP contribution is 2.23. The lowest BCUT2D eigenvalue weighted by molar-refractivity contribution is 0.282. The topological polar surface area (TPSA) is 63.6 Å². The Balaban J connectivity index is 1.34. The number of aliphatic hydroxyl groups is 1. The van der Waals surface area contributed by atoms with Crippen molar-refractivity contribution in [1.29, 1.82) is 0 Å². The minimum Gasteiger partial charge on any atom is -0.494 e. The smallest absolute Gasteiger partial charge is 0.127 e. The van der Waals surface area contributed by atoms with Crippen LogP contribution in [0.5, 0.6) is 17.2 Å². The predicted octanol–water partition coefficient (Wildman–Crippen LogP) is 4.64. The number of nitrogens with zero attached hydrogens (tertiary/aromatic N) is 1. The van der Waals surface area contributed by atoms with E-state index in [1.807, 2.05) is 60.7 Å². The highest BCUT2D eigenvalue weighted by molar-refractivity contribution is 5.48. The van der Waals surface area contributed by atoms with E-state index in [2.05, 4.69) is 10.3 Å². The van der Waals surface area contributed by atoms with Crippen molar-refractivity contribution in [2.24, 2.45) is 0 Å². The van der Waals surface area contributed by atoms with Gasteiger partial charge in [-0.2, -0.15) is 0 Å². The molecule has 0 aliphatic heterocycles. The predicted molar refractivity (Wildman–Crippen MR) is 106 cm³/mol. The van der Waals surface area contributed by atoms with E-state index in [0.717, 1.165) is 47.9 Å². The van der Waals surface area contributed by atoms with E-state index in [0.29, 0.717) is 6.61 Å². The Labute approximate surface area is 159 Å². The zero-order chi connectivity index (χ0) is 18.7. The van der Waals surface area contributed by atoms with E-state index in [9.17, 15) is 5.11 Å². The minimum absolute atomic E-state index is 0.0106. The highest BCUT2D eigenvalue weighted by atomic mass is 16.5. The van der Waals surface area contributed by atoms with Gasteiger partial charge in [0.1, 0.15) is 17.2 Å². The summed E-state index contributed by atoms with van der Waals surface area (Å²) in [6, 6.07) is 19.2. The average molecular weight is 364 g/mol. The normalized spacial score (nSPS) is 10.4. The van der Waals surface area contributed by atoms with Gasteiger partial charge >= 0.3 is 0 Å². The monoisotopic (exact) mass is 364 g/mol. The van der Waals surface area contributed by atoms with Gasteiger partial charge in [0.05, 0.1) is 13.2 Å². The summed E-state index contributed by atoms with van der Waals surface area (Å²) in [6.07, 6.45) is 5.31. The number of rotatable bonds is 10. The second kappa shape index (κ2) is 10.2. The van der Waals surface area contributed by atoms with Crippen LogP contribution >= 0.6 is 0 Å². The van der Waals surface area contributed by atoms with Crippen LogP contribution in [0.25, 0.3) is 0 Å². The Kier molecular flexibility index (Phi) is 7.07. The van der Waals surface area contributed by atoms with Gasteiger partial charge in [0.15, 0.2) is 0 Å². The van der Waals surface area contributed by atoms with Crippen LogP contribution in [-0.2, 0) is 6.61 Å². The van der Waals surface area contributed by atoms with Crippen molar-refractivity contribution in [2.75, 3.05) is 18.5 Å². The summed E-state index contributed by atoms with van der Waals surface area (Å²) in [4.78, 5) is 4.01. The van der Waals surface area contributed by atoms with Crippen molar-refractivity contribution in [3.63, 3.8) is 0 Å². The third kappa shape index (κ3) is 6.01. The number of anilines is 1. The first-order chi connectivity index (χ1) is 13.3. The SMILES string of the molecule is OCc1cnccc1NCCCCOc1ccc(Oc2ccccc2)cc1. The molecule has 0 saturated heterocycles. The van der Waals surface area contributed by atoms with Gasteiger partial charge in [-0.05, 0) is 55.3 Å². The Morgan fingerprint density at radius 3 is 2.37 bits per heavy atom. The van der Waals surface area contributed by atoms with Crippen molar-refractivity contribution in [2.45, 2.75) is 19.4 Å². The fraction of sp³-hybridized carbons (Fsp3) is 0.227. The van der Waals surface area contributed by atoms with E-state index >= 15 is 0 Å². The molecule has 0 bridgehead atoms. The first-order valence-corrected chi connectivity index (χ1v) is 9.08. The molecule has 5 nitrogen and oxygen atoms in total. The van der Waals surface area contributed by atoms with Crippen LogP contribution in [0.2, 0.25) is 0 Å². The van der Waals surface area contributed by atoms with Crippen LogP contribution in [-0.4, -0.2) is 23.2 Å². The van der Waals surface area contributed by atoms with E-state index < -0.39 is 0 Å². The Morgan fingerprint density at radius 2 is 1.59 bits per heavy atom. The number of nitrogens with one attached hydrogen (secondary N) is 1. The Morgan fingerprint density at radius 1 is 0.852 bits per heavy atom. The lowest BCUT2D eigenvalue weighted by Gasteiger charge is -2.11. The first kappa shape index (κ1) is 18.7. The second-order valence-corrected chi connectivity index (χ2v) is 6.06. The Bertz CT molecular complexity index is 807. The number of ether oxygens (including phenoxy) is 2. The minimum atomic E-state index is -0.0106. The number of pyridine rings is 1. The number of benzene rings is 2.